The Bertz CT molecular complexity index is 535. The highest BCUT2D eigenvalue weighted by molar-refractivity contribution is 5.96. The van der Waals surface area contributed by atoms with E-state index in [1.54, 1.807) is 13.8 Å². The maximum absolute atomic E-state index is 12.1. The summed E-state index contributed by atoms with van der Waals surface area (Å²) < 4.78 is 5.77. The number of ether oxygens (including phenoxy) is 1. The number of nitrogens with one attached hydrogen (secondary N) is 1. The van der Waals surface area contributed by atoms with Crippen LogP contribution >= 0.6 is 0 Å². The van der Waals surface area contributed by atoms with Gasteiger partial charge in [-0.25, -0.2) is 9.36 Å². The number of hydrogen-bond donors (Lipinski definition) is 1. The third-order valence-corrected chi connectivity index (χ3v) is 2.92. The van der Waals surface area contributed by atoms with Gasteiger partial charge in [0.1, 0.15) is 6.04 Å². The molecule has 0 aliphatic carbocycles. The van der Waals surface area contributed by atoms with Gasteiger partial charge in [-0.3, -0.25) is 4.79 Å². The van der Waals surface area contributed by atoms with Crippen LogP contribution < -0.4 is 5.32 Å². The minimum Gasteiger partial charge on any atom is -0.467 e. The summed E-state index contributed by atoms with van der Waals surface area (Å²) in [4.78, 5) is 33.8. The standard InChI is InChI=1S/C12H17N3O5/c1-7(2)10(12(17)20-4)13-11(16)8-5-6-9(14(8)3)15(18)19/h5-7,10H,1-4H3,(H,13,16). The number of amides is 1. The van der Waals surface area contributed by atoms with Gasteiger partial charge in [-0.15, -0.1) is 0 Å². The second-order valence-corrected chi connectivity index (χ2v) is 4.61. The van der Waals surface area contributed by atoms with Crippen molar-refractivity contribution >= 4 is 17.7 Å². The summed E-state index contributed by atoms with van der Waals surface area (Å²) in [6.07, 6.45) is 0. The minimum atomic E-state index is -0.804. The highest BCUT2D eigenvalue weighted by atomic mass is 16.6. The van der Waals surface area contributed by atoms with E-state index in [0.717, 1.165) is 4.57 Å². The molecule has 1 N–H and O–H groups in total. The van der Waals surface area contributed by atoms with E-state index in [4.69, 9.17) is 0 Å². The number of nitro groups is 1. The van der Waals surface area contributed by atoms with Crippen molar-refractivity contribution in [3.05, 3.63) is 27.9 Å². The molecule has 1 rings (SSSR count). The summed E-state index contributed by atoms with van der Waals surface area (Å²) in [5.74, 6) is -1.49. The van der Waals surface area contributed by atoms with E-state index in [1.165, 1.54) is 26.3 Å². The first kappa shape index (κ1) is 15.7. The molecule has 20 heavy (non-hydrogen) atoms. The van der Waals surface area contributed by atoms with Gasteiger partial charge in [0.15, 0.2) is 5.69 Å². The first-order valence-corrected chi connectivity index (χ1v) is 5.98. The Morgan fingerprint density at radius 2 is 2.00 bits per heavy atom. The van der Waals surface area contributed by atoms with Gasteiger partial charge in [0, 0.05) is 6.07 Å². The number of nitrogens with zero attached hydrogens (tertiary/aromatic N) is 2. The van der Waals surface area contributed by atoms with Crippen molar-refractivity contribution in [2.45, 2.75) is 19.9 Å². The normalized spacial score (nSPS) is 12.1. The number of hydrogen-bond acceptors (Lipinski definition) is 5. The molecule has 0 saturated carbocycles. The van der Waals surface area contributed by atoms with Crippen molar-refractivity contribution in [2.75, 3.05) is 7.11 Å². The Hall–Kier alpha value is -2.38. The monoisotopic (exact) mass is 283 g/mol. The lowest BCUT2D eigenvalue weighted by Crippen LogP contribution is -2.45. The number of carbonyl (C=O) groups is 2. The molecule has 0 spiro atoms. The van der Waals surface area contributed by atoms with Crippen LogP contribution in [0.2, 0.25) is 0 Å². The lowest BCUT2D eigenvalue weighted by molar-refractivity contribution is -0.391. The molecule has 0 bridgehead atoms. The third kappa shape index (κ3) is 3.14. The van der Waals surface area contributed by atoms with E-state index in [0.29, 0.717) is 0 Å². The summed E-state index contributed by atoms with van der Waals surface area (Å²) in [7, 11) is 2.65. The third-order valence-electron chi connectivity index (χ3n) is 2.92. The van der Waals surface area contributed by atoms with Gasteiger partial charge < -0.3 is 20.2 Å². The molecule has 1 heterocycles. The second-order valence-electron chi connectivity index (χ2n) is 4.61. The van der Waals surface area contributed by atoms with E-state index in [9.17, 15) is 19.7 Å². The van der Waals surface area contributed by atoms with Crippen LogP contribution in [-0.4, -0.2) is 34.5 Å². The van der Waals surface area contributed by atoms with Crippen molar-refractivity contribution < 1.29 is 19.2 Å². The van der Waals surface area contributed by atoms with Crippen LogP contribution in [0.25, 0.3) is 0 Å². The van der Waals surface area contributed by atoms with Gasteiger partial charge in [0.05, 0.1) is 14.2 Å². The second kappa shape index (κ2) is 6.18. The van der Waals surface area contributed by atoms with Crippen molar-refractivity contribution in [2.24, 2.45) is 13.0 Å². The van der Waals surface area contributed by atoms with Crippen LogP contribution in [0.3, 0.4) is 0 Å². The molecule has 0 saturated heterocycles. The fourth-order valence-electron chi connectivity index (χ4n) is 1.75. The van der Waals surface area contributed by atoms with Crippen molar-refractivity contribution in [1.82, 2.24) is 9.88 Å². The van der Waals surface area contributed by atoms with Gasteiger partial charge in [-0.05, 0) is 16.9 Å². The first-order valence-electron chi connectivity index (χ1n) is 5.98. The molecule has 0 aliphatic rings. The van der Waals surface area contributed by atoms with Gasteiger partial charge in [-0.2, -0.15) is 0 Å². The van der Waals surface area contributed by atoms with Gasteiger partial charge in [-0.1, -0.05) is 13.8 Å². The van der Waals surface area contributed by atoms with Crippen LogP contribution in [0, 0.1) is 16.0 Å². The van der Waals surface area contributed by atoms with Crippen LogP contribution in [-0.2, 0) is 16.6 Å². The largest absolute Gasteiger partial charge is 0.467 e. The summed E-state index contributed by atoms with van der Waals surface area (Å²) in [6, 6.07) is 1.76. The molecule has 1 aromatic heterocycles. The Balaban J connectivity index is 2.95. The lowest BCUT2D eigenvalue weighted by atomic mass is 10.0. The summed E-state index contributed by atoms with van der Waals surface area (Å²) in [5, 5.41) is 13.2. The molecule has 1 amide bonds. The topological polar surface area (TPSA) is 103 Å². The number of aromatic nitrogens is 1. The Labute approximate surface area is 115 Å². The highest BCUT2D eigenvalue weighted by Gasteiger charge is 2.28. The quantitative estimate of drug-likeness (QED) is 0.490. The van der Waals surface area contributed by atoms with Crippen LogP contribution in [0.1, 0.15) is 24.3 Å². The molecule has 8 nitrogen and oxygen atoms in total. The molecule has 0 fully saturated rings. The molecule has 0 radical (unpaired) electrons. The lowest BCUT2D eigenvalue weighted by Gasteiger charge is -2.19. The number of methoxy groups -OCH3 is 1. The number of esters is 1. The predicted molar refractivity (Wildman–Crippen MR) is 70.2 cm³/mol. The number of carbonyl (C=O) groups excluding carboxylic acids is 2. The van der Waals surface area contributed by atoms with Crippen LogP contribution in [0.5, 0.6) is 0 Å². The van der Waals surface area contributed by atoms with E-state index < -0.39 is 22.8 Å². The molecule has 1 aromatic rings. The molecule has 1 atom stereocenters. The average molecular weight is 283 g/mol. The van der Waals surface area contributed by atoms with E-state index >= 15 is 0 Å². The Kier molecular flexibility index (Phi) is 4.84. The van der Waals surface area contributed by atoms with Gasteiger partial charge in [0.2, 0.25) is 0 Å². The van der Waals surface area contributed by atoms with Gasteiger partial charge >= 0.3 is 11.8 Å². The number of rotatable bonds is 5. The van der Waals surface area contributed by atoms with E-state index in [-0.39, 0.29) is 17.4 Å². The van der Waals surface area contributed by atoms with E-state index in [1.807, 2.05) is 0 Å². The fourth-order valence-corrected chi connectivity index (χ4v) is 1.75. The Morgan fingerprint density at radius 3 is 2.40 bits per heavy atom. The molecular weight excluding hydrogens is 266 g/mol. The van der Waals surface area contributed by atoms with Crippen molar-refractivity contribution in [3.8, 4) is 0 Å². The van der Waals surface area contributed by atoms with Crippen molar-refractivity contribution in [3.63, 3.8) is 0 Å². The average Bonchev–Trinajstić information content (AvgIpc) is 2.76. The molecular formula is C12H17N3O5. The molecule has 0 aromatic carbocycles. The summed E-state index contributed by atoms with van der Waals surface area (Å²) >= 11 is 0. The first-order chi connectivity index (χ1) is 9.29. The SMILES string of the molecule is COC(=O)C(NC(=O)c1ccc([N+](=O)[O-])n1C)C(C)C. The van der Waals surface area contributed by atoms with Gasteiger partial charge in [0.25, 0.3) is 5.91 Å². The maximum atomic E-state index is 12.1. The summed E-state index contributed by atoms with van der Waals surface area (Å²) in [6.45, 7) is 3.52. The van der Waals surface area contributed by atoms with Crippen LogP contribution in [0.15, 0.2) is 12.1 Å². The fraction of sp³-hybridized carbons (Fsp3) is 0.500. The van der Waals surface area contributed by atoms with E-state index in [2.05, 4.69) is 10.1 Å². The molecule has 8 heteroatoms. The zero-order valence-corrected chi connectivity index (χ0v) is 11.7. The molecule has 0 aliphatic heterocycles. The zero-order chi connectivity index (χ0) is 15.4. The maximum Gasteiger partial charge on any atom is 0.328 e. The van der Waals surface area contributed by atoms with Crippen LogP contribution in [0.4, 0.5) is 5.82 Å². The highest BCUT2D eigenvalue weighted by Crippen LogP contribution is 2.15. The zero-order valence-electron chi connectivity index (χ0n) is 11.7. The smallest absolute Gasteiger partial charge is 0.328 e. The summed E-state index contributed by atoms with van der Waals surface area (Å²) in [5.41, 5.74) is 0.103. The Morgan fingerprint density at radius 1 is 1.40 bits per heavy atom. The minimum absolute atomic E-state index is 0.103. The predicted octanol–water partition coefficient (Wildman–Crippen LogP) is 0.861. The molecule has 1 unspecified atom stereocenters. The molecule has 110 valence electrons. The van der Waals surface area contributed by atoms with Crippen molar-refractivity contribution in [1.29, 1.82) is 0 Å².